The van der Waals surface area contributed by atoms with Crippen molar-refractivity contribution in [2.45, 2.75) is 51.1 Å². The lowest BCUT2D eigenvalue weighted by molar-refractivity contribution is -0.144. The molecular formula is C18H25NO2. The van der Waals surface area contributed by atoms with E-state index in [9.17, 15) is 9.90 Å². The van der Waals surface area contributed by atoms with Crippen LogP contribution < -0.4 is 0 Å². The molecule has 1 N–H and O–H groups in total. The van der Waals surface area contributed by atoms with Gasteiger partial charge in [0.05, 0.1) is 0 Å². The molecule has 2 aliphatic rings. The van der Waals surface area contributed by atoms with E-state index in [1.54, 1.807) is 0 Å². The summed E-state index contributed by atoms with van der Waals surface area (Å²) in [6, 6.07) is 10.6. The molecule has 1 saturated heterocycles. The minimum absolute atomic E-state index is 0.247. The van der Waals surface area contributed by atoms with Gasteiger partial charge in [-0.15, -0.1) is 0 Å². The van der Waals surface area contributed by atoms with Gasteiger partial charge in [-0.1, -0.05) is 36.8 Å². The van der Waals surface area contributed by atoms with Crippen LogP contribution in [0.25, 0.3) is 0 Å². The quantitative estimate of drug-likeness (QED) is 0.904. The molecule has 3 rings (SSSR count). The molecule has 0 bridgehead atoms. The number of fused-ring (bicyclic) bond motifs is 1. The standard InChI is InChI=1S/C18H25NO2/c1-13(10-11-14-6-3-2-4-7-14)19-12-15-8-5-9-16(15)17(19)18(20)21/h2-4,6-7,13,15-17H,5,8-12H2,1H3,(H,20,21). The fourth-order valence-electron chi connectivity index (χ4n) is 4.30. The summed E-state index contributed by atoms with van der Waals surface area (Å²) in [7, 11) is 0. The van der Waals surface area contributed by atoms with Gasteiger partial charge < -0.3 is 5.11 Å². The van der Waals surface area contributed by atoms with Gasteiger partial charge >= 0.3 is 5.97 Å². The molecule has 0 radical (unpaired) electrons. The molecule has 1 aliphatic heterocycles. The molecule has 3 nitrogen and oxygen atoms in total. The van der Waals surface area contributed by atoms with Crippen LogP contribution in [-0.4, -0.2) is 34.6 Å². The summed E-state index contributed by atoms with van der Waals surface area (Å²) in [4.78, 5) is 14.0. The Morgan fingerprint density at radius 3 is 2.81 bits per heavy atom. The van der Waals surface area contributed by atoms with Gasteiger partial charge in [0.15, 0.2) is 0 Å². The number of hydrogen-bond donors (Lipinski definition) is 1. The Morgan fingerprint density at radius 2 is 2.10 bits per heavy atom. The highest BCUT2D eigenvalue weighted by molar-refractivity contribution is 5.74. The second kappa shape index (κ2) is 6.18. The van der Waals surface area contributed by atoms with E-state index in [0.717, 1.165) is 25.8 Å². The molecule has 4 unspecified atom stereocenters. The number of nitrogens with zero attached hydrogens (tertiary/aromatic N) is 1. The second-order valence-electron chi connectivity index (χ2n) is 6.71. The molecule has 1 heterocycles. The zero-order valence-corrected chi connectivity index (χ0v) is 12.7. The van der Waals surface area contributed by atoms with Crippen LogP contribution in [0, 0.1) is 11.8 Å². The highest BCUT2D eigenvalue weighted by atomic mass is 16.4. The number of likely N-dealkylation sites (tertiary alicyclic amines) is 1. The molecule has 1 saturated carbocycles. The van der Waals surface area contributed by atoms with Gasteiger partial charge in [0.2, 0.25) is 0 Å². The molecule has 21 heavy (non-hydrogen) atoms. The van der Waals surface area contributed by atoms with Gasteiger partial charge in [0.1, 0.15) is 6.04 Å². The molecule has 1 aromatic carbocycles. The number of benzene rings is 1. The Balaban J connectivity index is 1.63. The monoisotopic (exact) mass is 287 g/mol. The first kappa shape index (κ1) is 14.6. The number of rotatable bonds is 5. The van der Waals surface area contributed by atoms with E-state index in [1.165, 1.54) is 18.4 Å². The summed E-state index contributed by atoms with van der Waals surface area (Å²) in [6.07, 6.45) is 5.60. The van der Waals surface area contributed by atoms with Crippen LogP contribution in [0.2, 0.25) is 0 Å². The van der Waals surface area contributed by atoms with Crippen molar-refractivity contribution in [2.24, 2.45) is 11.8 Å². The summed E-state index contributed by atoms with van der Waals surface area (Å²) in [5, 5.41) is 9.62. The van der Waals surface area contributed by atoms with Crippen LogP contribution in [-0.2, 0) is 11.2 Å². The molecule has 1 aliphatic carbocycles. The van der Waals surface area contributed by atoms with Crippen molar-refractivity contribution >= 4 is 5.97 Å². The minimum Gasteiger partial charge on any atom is -0.480 e. The fourth-order valence-corrected chi connectivity index (χ4v) is 4.30. The summed E-state index contributed by atoms with van der Waals surface area (Å²) in [5.41, 5.74) is 1.34. The van der Waals surface area contributed by atoms with E-state index >= 15 is 0 Å². The molecule has 1 aromatic rings. The smallest absolute Gasteiger partial charge is 0.321 e. The Labute approximate surface area is 127 Å². The number of aliphatic carboxylic acids is 1. The first-order chi connectivity index (χ1) is 10.2. The SMILES string of the molecule is CC(CCc1ccccc1)N1CC2CCCC2C1C(=O)O. The first-order valence-corrected chi connectivity index (χ1v) is 8.19. The summed E-state index contributed by atoms with van der Waals surface area (Å²) in [5.74, 6) is 0.392. The third-order valence-electron chi connectivity index (χ3n) is 5.44. The lowest BCUT2D eigenvalue weighted by atomic mass is 9.94. The Hall–Kier alpha value is -1.35. The third-order valence-corrected chi connectivity index (χ3v) is 5.44. The van der Waals surface area contributed by atoms with Crippen LogP contribution in [0.4, 0.5) is 0 Å². The lowest BCUT2D eigenvalue weighted by Gasteiger charge is -2.30. The van der Waals surface area contributed by atoms with Crippen LogP contribution in [0.15, 0.2) is 30.3 Å². The maximum absolute atomic E-state index is 11.7. The van der Waals surface area contributed by atoms with Crippen LogP contribution in [0.5, 0.6) is 0 Å². The molecule has 3 heteroatoms. The van der Waals surface area contributed by atoms with Crippen molar-refractivity contribution < 1.29 is 9.90 Å². The van der Waals surface area contributed by atoms with Crippen molar-refractivity contribution in [3.8, 4) is 0 Å². The molecule has 4 atom stereocenters. The fraction of sp³-hybridized carbons (Fsp3) is 0.611. The number of hydrogen-bond acceptors (Lipinski definition) is 2. The normalized spacial score (nSPS) is 30.2. The third kappa shape index (κ3) is 2.98. The van der Waals surface area contributed by atoms with Crippen LogP contribution >= 0.6 is 0 Å². The number of carboxylic acids is 1. The van der Waals surface area contributed by atoms with Gasteiger partial charge in [-0.05, 0) is 50.0 Å². The van der Waals surface area contributed by atoms with Gasteiger partial charge in [-0.25, -0.2) is 0 Å². The van der Waals surface area contributed by atoms with E-state index < -0.39 is 5.97 Å². The van der Waals surface area contributed by atoms with Gasteiger partial charge in [0.25, 0.3) is 0 Å². The van der Waals surface area contributed by atoms with E-state index in [-0.39, 0.29) is 6.04 Å². The largest absolute Gasteiger partial charge is 0.480 e. The predicted molar refractivity (Wildman–Crippen MR) is 83.2 cm³/mol. The van der Waals surface area contributed by atoms with Crippen molar-refractivity contribution in [3.05, 3.63) is 35.9 Å². The zero-order chi connectivity index (χ0) is 14.8. The van der Waals surface area contributed by atoms with Gasteiger partial charge in [-0.2, -0.15) is 0 Å². The minimum atomic E-state index is -0.615. The van der Waals surface area contributed by atoms with Crippen LogP contribution in [0.3, 0.4) is 0 Å². The summed E-state index contributed by atoms with van der Waals surface area (Å²) in [6.45, 7) is 3.18. The van der Waals surface area contributed by atoms with E-state index in [2.05, 4.69) is 36.1 Å². The number of carbonyl (C=O) groups is 1. The Bertz CT molecular complexity index is 487. The molecule has 0 aromatic heterocycles. The highest BCUT2D eigenvalue weighted by Crippen LogP contribution is 2.43. The highest BCUT2D eigenvalue weighted by Gasteiger charge is 2.48. The maximum atomic E-state index is 11.7. The number of aryl methyl sites for hydroxylation is 1. The average Bonchev–Trinajstić information content (AvgIpc) is 3.05. The van der Waals surface area contributed by atoms with Gasteiger partial charge in [-0.3, -0.25) is 9.69 Å². The first-order valence-electron chi connectivity index (χ1n) is 8.19. The molecule has 0 amide bonds. The maximum Gasteiger partial charge on any atom is 0.321 e. The predicted octanol–water partition coefficient (Wildman–Crippen LogP) is 3.19. The van der Waals surface area contributed by atoms with Crippen molar-refractivity contribution in [2.75, 3.05) is 6.54 Å². The second-order valence-corrected chi connectivity index (χ2v) is 6.71. The molecule has 114 valence electrons. The average molecular weight is 287 g/mol. The van der Waals surface area contributed by atoms with Crippen molar-refractivity contribution in [3.63, 3.8) is 0 Å². The summed E-state index contributed by atoms with van der Waals surface area (Å²) < 4.78 is 0. The molecule has 0 spiro atoms. The van der Waals surface area contributed by atoms with Crippen molar-refractivity contribution in [1.29, 1.82) is 0 Å². The topological polar surface area (TPSA) is 40.5 Å². The molecular weight excluding hydrogens is 262 g/mol. The van der Waals surface area contributed by atoms with Gasteiger partial charge in [0, 0.05) is 12.6 Å². The Morgan fingerprint density at radius 1 is 1.33 bits per heavy atom. The number of carboxylic acid groups (broad SMARTS) is 1. The summed E-state index contributed by atoms with van der Waals surface area (Å²) >= 11 is 0. The van der Waals surface area contributed by atoms with Crippen LogP contribution in [0.1, 0.15) is 38.2 Å². The van der Waals surface area contributed by atoms with E-state index in [1.807, 2.05) is 6.07 Å². The van der Waals surface area contributed by atoms with E-state index in [4.69, 9.17) is 0 Å². The van der Waals surface area contributed by atoms with E-state index in [0.29, 0.717) is 17.9 Å². The van der Waals surface area contributed by atoms with Crippen molar-refractivity contribution in [1.82, 2.24) is 4.90 Å². The Kier molecular flexibility index (Phi) is 4.29. The zero-order valence-electron chi connectivity index (χ0n) is 12.7. The lowest BCUT2D eigenvalue weighted by Crippen LogP contribution is -2.44. The molecule has 2 fully saturated rings.